The molecule has 0 spiro atoms. The van der Waals surface area contributed by atoms with Crippen molar-refractivity contribution >= 4 is 42.4 Å². The van der Waals surface area contributed by atoms with E-state index in [0.29, 0.717) is 18.9 Å². The van der Waals surface area contributed by atoms with Gasteiger partial charge in [0.25, 0.3) is 0 Å². The molecule has 6 nitrogen and oxygen atoms in total. The summed E-state index contributed by atoms with van der Waals surface area (Å²) in [5, 5.41) is 2.85. The van der Waals surface area contributed by atoms with E-state index in [1.54, 1.807) is 17.2 Å². The zero-order valence-electron chi connectivity index (χ0n) is 16.6. The highest BCUT2D eigenvalue weighted by Crippen LogP contribution is 2.22. The Kier molecular flexibility index (Phi) is 9.56. The molecule has 8 heteroatoms. The van der Waals surface area contributed by atoms with Crippen LogP contribution < -0.4 is 11.1 Å². The number of nitrogens with zero attached hydrogens (tertiary/aromatic N) is 2. The van der Waals surface area contributed by atoms with E-state index in [-0.39, 0.29) is 42.5 Å². The first kappa shape index (κ1) is 24.9. The second-order valence-electron chi connectivity index (χ2n) is 7.22. The van der Waals surface area contributed by atoms with Crippen molar-refractivity contribution in [2.45, 2.75) is 32.7 Å². The number of likely N-dealkylation sites (tertiary alicyclic amines) is 1. The minimum absolute atomic E-state index is 0. The lowest BCUT2D eigenvalue weighted by atomic mass is 9.95. The van der Waals surface area contributed by atoms with E-state index in [9.17, 15) is 9.59 Å². The number of aryl methyl sites for hydroxylation is 2. The Bertz CT molecular complexity index is 812. The van der Waals surface area contributed by atoms with Gasteiger partial charge in [0, 0.05) is 19.3 Å². The molecule has 29 heavy (non-hydrogen) atoms. The maximum absolute atomic E-state index is 12.8. The van der Waals surface area contributed by atoms with Gasteiger partial charge in [0.15, 0.2) is 0 Å². The van der Waals surface area contributed by atoms with E-state index in [1.807, 2.05) is 44.2 Å². The molecule has 3 N–H and O–H groups in total. The summed E-state index contributed by atoms with van der Waals surface area (Å²) in [6.07, 6.45) is 3.25. The van der Waals surface area contributed by atoms with Crippen molar-refractivity contribution in [1.82, 2.24) is 9.88 Å². The lowest BCUT2D eigenvalue weighted by molar-refractivity contribution is -0.136. The Hall–Kier alpha value is -2.15. The number of hydrogen-bond donors (Lipinski definition) is 2. The second-order valence-corrected chi connectivity index (χ2v) is 7.22. The molecule has 1 fully saturated rings. The van der Waals surface area contributed by atoms with Gasteiger partial charge in [-0.3, -0.25) is 9.59 Å². The summed E-state index contributed by atoms with van der Waals surface area (Å²) in [5.41, 5.74) is 9.13. The Labute approximate surface area is 184 Å². The van der Waals surface area contributed by atoms with E-state index < -0.39 is 6.04 Å². The quantitative estimate of drug-likeness (QED) is 0.764. The first-order chi connectivity index (χ1) is 12.9. The predicted octanol–water partition coefficient (Wildman–Crippen LogP) is 3.42. The Morgan fingerprint density at radius 2 is 1.76 bits per heavy atom. The zero-order valence-corrected chi connectivity index (χ0v) is 18.3. The summed E-state index contributed by atoms with van der Waals surface area (Å²) in [6.45, 7) is 4.95. The largest absolute Gasteiger partial charge is 0.340 e. The fourth-order valence-corrected chi connectivity index (χ4v) is 3.27. The van der Waals surface area contributed by atoms with Gasteiger partial charge in [-0.05, 0) is 43.9 Å². The molecular formula is C21H28Cl2N4O2. The minimum atomic E-state index is -0.703. The first-order valence-corrected chi connectivity index (χ1v) is 9.28. The number of carbonyl (C=O) groups excluding carboxylic acids is 2. The van der Waals surface area contributed by atoms with Crippen molar-refractivity contribution < 1.29 is 9.59 Å². The van der Waals surface area contributed by atoms with Crippen LogP contribution in [0.2, 0.25) is 0 Å². The number of nitrogens with two attached hydrogens (primary N) is 1. The van der Waals surface area contributed by atoms with Crippen LogP contribution in [0.1, 0.15) is 35.6 Å². The number of anilines is 1. The molecule has 0 bridgehead atoms. The molecule has 0 aliphatic carbocycles. The maximum atomic E-state index is 12.8. The molecular weight excluding hydrogens is 411 g/mol. The number of rotatable bonds is 4. The summed E-state index contributed by atoms with van der Waals surface area (Å²) >= 11 is 0. The van der Waals surface area contributed by atoms with Gasteiger partial charge in [0.05, 0.1) is 5.92 Å². The van der Waals surface area contributed by atoms with Crippen LogP contribution in [0.4, 0.5) is 5.82 Å². The maximum Gasteiger partial charge on any atom is 0.244 e. The van der Waals surface area contributed by atoms with Crippen molar-refractivity contribution in [3.8, 4) is 0 Å². The standard InChI is InChI=1S/C21H26N4O2.2ClH/c1-14-5-8-16(9-6-14)19(22)21(27)25-11-3-4-17(13-25)20(26)24-18-10-7-15(2)12-23-18;;/h5-10,12,17,19H,3-4,11,13,22H2,1-2H3,(H,23,24,26);2*1H. The van der Waals surface area contributed by atoms with E-state index in [4.69, 9.17) is 5.73 Å². The molecule has 158 valence electrons. The number of nitrogens with one attached hydrogen (secondary N) is 1. The normalized spacial score (nSPS) is 16.8. The number of piperidine rings is 1. The molecule has 0 radical (unpaired) electrons. The predicted molar refractivity (Wildman–Crippen MR) is 120 cm³/mol. The highest BCUT2D eigenvalue weighted by Gasteiger charge is 2.31. The molecule has 1 aliphatic rings. The fourth-order valence-electron chi connectivity index (χ4n) is 3.27. The van der Waals surface area contributed by atoms with Gasteiger partial charge in [-0.15, -0.1) is 24.8 Å². The molecule has 2 unspecified atom stereocenters. The topological polar surface area (TPSA) is 88.3 Å². The number of aromatic nitrogens is 1. The van der Waals surface area contributed by atoms with Crippen molar-refractivity contribution in [2.24, 2.45) is 11.7 Å². The number of amides is 2. The number of hydrogen-bond acceptors (Lipinski definition) is 4. The van der Waals surface area contributed by atoms with Gasteiger partial charge >= 0.3 is 0 Å². The third-order valence-corrected chi connectivity index (χ3v) is 4.97. The molecule has 3 rings (SSSR count). The van der Waals surface area contributed by atoms with Crippen molar-refractivity contribution in [2.75, 3.05) is 18.4 Å². The lowest BCUT2D eigenvalue weighted by Gasteiger charge is -2.33. The van der Waals surface area contributed by atoms with Crippen molar-refractivity contribution in [1.29, 1.82) is 0 Å². The van der Waals surface area contributed by atoms with Crippen LogP contribution in [-0.4, -0.2) is 34.8 Å². The summed E-state index contributed by atoms with van der Waals surface area (Å²) in [4.78, 5) is 31.3. The Balaban J connectivity index is 0.00000210. The van der Waals surface area contributed by atoms with Crippen LogP contribution in [0.5, 0.6) is 0 Å². The van der Waals surface area contributed by atoms with Gasteiger partial charge in [0.2, 0.25) is 11.8 Å². The van der Waals surface area contributed by atoms with Crippen LogP contribution in [0.15, 0.2) is 42.6 Å². The van der Waals surface area contributed by atoms with E-state index >= 15 is 0 Å². The van der Waals surface area contributed by atoms with Crippen LogP contribution in [-0.2, 0) is 9.59 Å². The minimum Gasteiger partial charge on any atom is -0.340 e. The summed E-state index contributed by atoms with van der Waals surface area (Å²) in [5.74, 6) is 0.0407. The van der Waals surface area contributed by atoms with E-state index in [0.717, 1.165) is 29.5 Å². The average Bonchev–Trinajstić information content (AvgIpc) is 2.69. The molecule has 1 aromatic heterocycles. The van der Waals surface area contributed by atoms with Gasteiger partial charge in [0.1, 0.15) is 11.9 Å². The highest BCUT2D eigenvalue weighted by atomic mass is 35.5. The average molecular weight is 439 g/mol. The van der Waals surface area contributed by atoms with E-state index in [1.165, 1.54) is 0 Å². The van der Waals surface area contributed by atoms with Gasteiger partial charge < -0.3 is 16.0 Å². The monoisotopic (exact) mass is 438 g/mol. The Morgan fingerprint density at radius 3 is 2.38 bits per heavy atom. The molecule has 2 heterocycles. The molecule has 1 saturated heterocycles. The van der Waals surface area contributed by atoms with Gasteiger partial charge in [-0.1, -0.05) is 35.9 Å². The van der Waals surface area contributed by atoms with Crippen molar-refractivity contribution in [3.05, 3.63) is 59.3 Å². The van der Waals surface area contributed by atoms with Gasteiger partial charge in [-0.2, -0.15) is 0 Å². The second kappa shape index (κ2) is 11.1. The van der Waals surface area contributed by atoms with Gasteiger partial charge in [-0.25, -0.2) is 4.98 Å². The van der Waals surface area contributed by atoms with Crippen LogP contribution in [0, 0.1) is 19.8 Å². The molecule has 2 aromatic rings. The third kappa shape index (κ3) is 6.42. The highest BCUT2D eigenvalue weighted by molar-refractivity contribution is 5.92. The Morgan fingerprint density at radius 1 is 1.10 bits per heavy atom. The molecule has 1 aliphatic heterocycles. The zero-order chi connectivity index (χ0) is 19.4. The van der Waals surface area contributed by atoms with E-state index in [2.05, 4.69) is 10.3 Å². The van der Waals surface area contributed by atoms with Crippen LogP contribution in [0.3, 0.4) is 0 Å². The molecule has 2 atom stereocenters. The first-order valence-electron chi connectivity index (χ1n) is 9.28. The summed E-state index contributed by atoms with van der Waals surface area (Å²) < 4.78 is 0. The smallest absolute Gasteiger partial charge is 0.244 e. The summed E-state index contributed by atoms with van der Waals surface area (Å²) in [6, 6.07) is 10.6. The summed E-state index contributed by atoms with van der Waals surface area (Å²) in [7, 11) is 0. The fraction of sp³-hybridized carbons (Fsp3) is 0.381. The number of halogens is 2. The molecule has 1 aromatic carbocycles. The number of benzene rings is 1. The lowest BCUT2D eigenvalue weighted by Crippen LogP contribution is -2.47. The number of carbonyl (C=O) groups is 2. The van der Waals surface area contributed by atoms with Crippen LogP contribution >= 0.6 is 24.8 Å². The molecule has 2 amide bonds. The number of pyridine rings is 1. The van der Waals surface area contributed by atoms with Crippen LogP contribution in [0.25, 0.3) is 0 Å². The SMILES string of the molecule is Cc1ccc(C(N)C(=O)N2CCCC(C(=O)Nc3ccc(C)cn3)C2)cc1.Cl.Cl. The molecule has 0 saturated carbocycles. The third-order valence-electron chi connectivity index (χ3n) is 4.97. The van der Waals surface area contributed by atoms with Crippen molar-refractivity contribution in [3.63, 3.8) is 0 Å².